The van der Waals surface area contributed by atoms with E-state index < -0.39 is 22.4 Å². The highest BCUT2D eigenvalue weighted by Gasteiger charge is 2.34. The molecule has 12 heteroatoms. The van der Waals surface area contributed by atoms with Gasteiger partial charge in [-0.3, -0.25) is 19.6 Å². The molecular weight excluding hydrogens is 529 g/mol. The predicted molar refractivity (Wildman–Crippen MR) is 144 cm³/mol. The molecule has 1 fully saturated rings. The molecule has 0 N–H and O–H groups in total. The summed E-state index contributed by atoms with van der Waals surface area (Å²) >= 11 is 1.60. The molecule has 8 nitrogen and oxygen atoms in total. The van der Waals surface area contributed by atoms with E-state index in [4.69, 9.17) is 0 Å². The van der Waals surface area contributed by atoms with Gasteiger partial charge in [-0.25, -0.2) is 0 Å². The van der Waals surface area contributed by atoms with Crippen LogP contribution in [0.3, 0.4) is 0 Å². The van der Waals surface area contributed by atoms with Crippen LogP contribution in [-0.2, 0) is 6.18 Å². The number of nitro groups is 1. The van der Waals surface area contributed by atoms with Crippen molar-refractivity contribution >= 4 is 23.1 Å². The Labute approximate surface area is 227 Å². The SMILES string of the molecule is O=[N+]([O-])c1cc(C(F)(F)F)ccc1N1CCN(CCSc2nnc(-c3ccccc3)n2-c2ccccc2)CC1. The fourth-order valence-electron chi connectivity index (χ4n) is 4.54. The molecular formula is C27H25F3N6O2S. The van der Waals surface area contributed by atoms with Crippen LogP contribution in [0.15, 0.2) is 84.0 Å². The minimum atomic E-state index is -4.63. The van der Waals surface area contributed by atoms with Crippen molar-refractivity contribution in [2.75, 3.05) is 43.4 Å². The predicted octanol–water partition coefficient (Wildman–Crippen LogP) is 5.78. The van der Waals surface area contributed by atoms with E-state index in [0.717, 1.165) is 40.6 Å². The molecule has 3 aromatic carbocycles. The lowest BCUT2D eigenvalue weighted by molar-refractivity contribution is -0.384. The molecule has 1 aliphatic rings. The number of piperazine rings is 1. The molecule has 0 aliphatic carbocycles. The van der Waals surface area contributed by atoms with Gasteiger partial charge in [-0.2, -0.15) is 13.2 Å². The summed E-state index contributed by atoms with van der Waals surface area (Å²) in [6.45, 7) is 3.00. The van der Waals surface area contributed by atoms with Gasteiger partial charge >= 0.3 is 6.18 Å². The van der Waals surface area contributed by atoms with Crippen LogP contribution in [0.25, 0.3) is 17.1 Å². The van der Waals surface area contributed by atoms with Crippen LogP contribution in [0.2, 0.25) is 0 Å². The second kappa shape index (κ2) is 11.5. The molecule has 4 aromatic rings. The van der Waals surface area contributed by atoms with E-state index in [1.165, 1.54) is 6.07 Å². The molecule has 0 atom stereocenters. The first-order chi connectivity index (χ1) is 18.8. The zero-order valence-electron chi connectivity index (χ0n) is 20.8. The number of hydrogen-bond donors (Lipinski definition) is 0. The highest BCUT2D eigenvalue weighted by atomic mass is 32.2. The average Bonchev–Trinajstić information content (AvgIpc) is 3.37. The molecule has 1 saturated heterocycles. The number of rotatable bonds is 8. The number of para-hydroxylation sites is 1. The van der Waals surface area contributed by atoms with E-state index >= 15 is 0 Å². The first kappa shape index (κ1) is 26.7. The minimum Gasteiger partial charge on any atom is -0.363 e. The molecule has 0 bridgehead atoms. The van der Waals surface area contributed by atoms with E-state index in [1.807, 2.05) is 65.2 Å². The maximum absolute atomic E-state index is 13.1. The van der Waals surface area contributed by atoms with Crippen molar-refractivity contribution < 1.29 is 18.1 Å². The largest absolute Gasteiger partial charge is 0.416 e. The highest BCUT2D eigenvalue weighted by Crippen LogP contribution is 2.37. The number of aromatic nitrogens is 3. The zero-order chi connectivity index (χ0) is 27.4. The molecule has 202 valence electrons. The monoisotopic (exact) mass is 554 g/mol. The van der Waals surface area contributed by atoms with Gasteiger partial charge < -0.3 is 4.90 Å². The fraction of sp³-hybridized carbons (Fsp3) is 0.259. The molecule has 1 aliphatic heterocycles. The van der Waals surface area contributed by atoms with Gasteiger partial charge in [-0.15, -0.1) is 10.2 Å². The minimum absolute atomic E-state index is 0.214. The number of anilines is 1. The molecule has 5 rings (SSSR count). The molecule has 1 aromatic heterocycles. The summed E-state index contributed by atoms with van der Waals surface area (Å²) in [6.07, 6.45) is -4.63. The Morgan fingerprint density at radius 1 is 0.897 bits per heavy atom. The maximum atomic E-state index is 13.1. The Morgan fingerprint density at radius 3 is 2.21 bits per heavy atom. The Kier molecular flexibility index (Phi) is 7.84. The Bertz CT molecular complexity index is 1420. The van der Waals surface area contributed by atoms with Crippen molar-refractivity contribution in [3.63, 3.8) is 0 Å². The first-order valence-corrected chi connectivity index (χ1v) is 13.3. The lowest BCUT2D eigenvalue weighted by Crippen LogP contribution is -2.47. The summed E-state index contributed by atoms with van der Waals surface area (Å²) in [7, 11) is 0. The van der Waals surface area contributed by atoms with Gasteiger partial charge in [0.05, 0.1) is 10.5 Å². The van der Waals surface area contributed by atoms with Gasteiger partial charge in [-0.1, -0.05) is 60.3 Å². The highest BCUT2D eigenvalue weighted by molar-refractivity contribution is 7.99. The summed E-state index contributed by atoms with van der Waals surface area (Å²) in [6, 6.07) is 22.5. The number of alkyl halides is 3. The van der Waals surface area contributed by atoms with E-state index in [-0.39, 0.29) is 5.69 Å². The summed E-state index contributed by atoms with van der Waals surface area (Å²) < 4.78 is 41.2. The molecule has 0 saturated carbocycles. The number of halogens is 3. The van der Waals surface area contributed by atoms with Crippen molar-refractivity contribution in [1.29, 1.82) is 0 Å². The van der Waals surface area contributed by atoms with E-state index in [9.17, 15) is 23.3 Å². The standard InChI is InChI=1S/C27H25F3N6O2S/c28-27(29,30)21-11-12-23(24(19-21)36(37)38)34-15-13-33(14-16-34)17-18-39-26-32-31-25(20-7-3-1-4-8-20)35(26)22-9-5-2-6-10-22/h1-12,19H,13-18H2. The molecule has 39 heavy (non-hydrogen) atoms. The lowest BCUT2D eigenvalue weighted by Gasteiger charge is -2.35. The van der Waals surface area contributed by atoms with Gasteiger partial charge in [-0.05, 0) is 24.3 Å². The summed E-state index contributed by atoms with van der Waals surface area (Å²) in [5, 5.41) is 21.2. The van der Waals surface area contributed by atoms with Crippen LogP contribution < -0.4 is 4.90 Å². The zero-order valence-corrected chi connectivity index (χ0v) is 21.6. The van der Waals surface area contributed by atoms with Gasteiger partial charge in [0.15, 0.2) is 11.0 Å². The topological polar surface area (TPSA) is 80.3 Å². The third kappa shape index (κ3) is 6.07. The van der Waals surface area contributed by atoms with Crippen molar-refractivity contribution in [2.45, 2.75) is 11.3 Å². The van der Waals surface area contributed by atoms with Crippen molar-refractivity contribution in [3.05, 3.63) is 94.5 Å². The van der Waals surface area contributed by atoms with Crippen LogP contribution in [0.4, 0.5) is 24.5 Å². The number of hydrogen-bond acceptors (Lipinski definition) is 7. The third-order valence-corrected chi connectivity index (χ3v) is 7.44. The lowest BCUT2D eigenvalue weighted by atomic mass is 10.1. The van der Waals surface area contributed by atoms with Crippen LogP contribution in [-0.4, -0.2) is 63.1 Å². The summed E-state index contributed by atoms with van der Waals surface area (Å²) in [5.74, 6) is 1.51. The Hall–Kier alpha value is -3.90. The smallest absolute Gasteiger partial charge is 0.363 e. The number of nitro benzene ring substituents is 1. The van der Waals surface area contributed by atoms with Crippen molar-refractivity contribution in [1.82, 2.24) is 19.7 Å². The molecule has 0 amide bonds. The fourth-order valence-corrected chi connectivity index (χ4v) is 5.49. The number of thioether (sulfide) groups is 1. The molecule has 0 unspecified atom stereocenters. The van der Waals surface area contributed by atoms with Gasteiger partial charge in [0, 0.05) is 55.8 Å². The molecule has 2 heterocycles. The number of nitrogens with zero attached hydrogens (tertiary/aromatic N) is 6. The van der Waals surface area contributed by atoms with E-state index in [0.29, 0.717) is 32.2 Å². The average molecular weight is 555 g/mol. The quantitative estimate of drug-likeness (QED) is 0.155. The van der Waals surface area contributed by atoms with Crippen LogP contribution >= 0.6 is 11.8 Å². The van der Waals surface area contributed by atoms with Gasteiger partial charge in [0.1, 0.15) is 5.69 Å². The van der Waals surface area contributed by atoms with E-state index in [2.05, 4.69) is 15.1 Å². The van der Waals surface area contributed by atoms with Crippen LogP contribution in [0, 0.1) is 10.1 Å². The molecule has 0 spiro atoms. The second-order valence-electron chi connectivity index (χ2n) is 8.98. The second-order valence-corrected chi connectivity index (χ2v) is 10.0. The van der Waals surface area contributed by atoms with Crippen molar-refractivity contribution in [2.24, 2.45) is 0 Å². The maximum Gasteiger partial charge on any atom is 0.416 e. The summed E-state index contributed by atoms with van der Waals surface area (Å²) in [4.78, 5) is 14.8. The van der Waals surface area contributed by atoms with Crippen molar-refractivity contribution in [3.8, 4) is 17.1 Å². The van der Waals surface area contributed by atoms with Gasteiger partial charge in [0.2, 0.25) is 0 Å². The first-order valence-electron chi connectivity index (χ1n) is 12.3. The third-order valence-electron chi connectivity index (χ3n) is 6.53. The van der Waals surface area contributed by atoms with Crippen LogP contribution in [0.1, 0.15) is 5.56 Å². The normalized spacial score (nSPS) is 14.5. The van der Waals surface area contributed by atoms with Gasteiger partial charge in [0.25, 0.3) is 5.69 Å². The van der Waals surface area contributed by atoms with E-state index in [1.54, 1.807) is 16.7 Å². The van der Waals surface area contributed by atoms with Crippen LogP contribution in [0.5, 0.6) is 0 Å². The number of benzene rings is 3. The summed E-state index contributed by atoms with van der Waals surface area (Å²) in [5.41, 5.74) is 0.604. The molecule has 0 radical (unpaired) electrons. The Morgan fingerprint density at radius 2 is 1.56 bits per heavy atom. The Balaban J connectivity index is 1.23.